The van der Waals surface area contributed by atoms with E-state index in [9.17, 15) is 0 Å². The lowest BCUT2D eigenvalue weighted by Crippen LogP contribution is -2.43. The maximum absolute atomic E-state index is 5.61. The zero-order chi connectivity index (χ0) is 18.8. The highest BCUT2D eigenvalue weighted by Gasteiger charge is 2.33. The van der Waals surface area contributed by atoms with Gasteiger partial charge in [-0.25, -0.2) is 4.99 Å². The van der Waals surface area contributed by atoms with Gasteiger partial charge in [-0.2, -0.15) is 0 Å². The summed E-state index contributed by atoms with van der Waals surface area (Å²) in [4.78, 5) is 4.69. The zero-order valence-corrected chi connectivity index (χ0v) is 19.3. The lowest BCUT2D eigenvalue weighted by atomic mass is 9.83. The SMILES string of the molecule is C=CCNC(=NCc1nnc(C)n1C)NCC1(CCOCC)CCCC1.I. The lowest BCUT2D eigenvalue weighted by molar-refractivity contribution is 0.105. The van der Waals surface area contributed by atoms with E-state index in [0.29, 0.717) is 18.5 Å². The summed E-state index contributed by atoms with van der Waals surface area (Å²) < 4.78 is 7.58. The molecule has 1 aromatic rings. The van der Waals surface area contributed by atoms with Crippen LogP contribution < -0.4 is 10.6 Å². The monoisotopic (exact) mass is 490 g/mol. The van der Waals surface area contributed by atoms with E-state index in [1.807, 2.05) is 24.6 Å². The molecule has 1 aliphatic carbocycles. The van der Waals surface area contributed by atoms with Crippen molar-refractivity contribution < 1.29 is 4.74 Å². The normalized spacial score (nSPS) is 16.0. The van der Waals surface area contributed by atoms with Crippen molar-refractivity contribution in [3.8, 4) is 0 Å². The van der Waals surface area contributed by atoms with Crippen molar-refractivity contribution in [2.75, 3.05) is 26.3 Å². The van der Waals surface area contributed by atoms with Gasteiger partial charge in [-0.3, -0.25) is 0 Å². The maximum atomic E-state index is 5.61. The molecule has 0 radical (unpaired) electrons. The molecule has 0 saturated heterocycles. The molecule has 7 nitrogen and oxygen atoms in total. The average molecular weight is 490 g/mol. The van der Waals surface area contributed by atoms with E-state index in [0.717, 1.165) is 43.8 Å². The summed E-state index contributed by atoms with van der Waals surface area (Å²) in [6, 6.07) is 0. The third-order valence-corrected chi connectivity index (χ3v) is 5.25. The van der Waals surface area contributed by atoms with Crippen LogP contribution >= 0.6 is 24.0 Å². The smallest absolute Gasteiger partial charge is 0.191 e. The summed E-state index contributed by atoms with van der Waals surface area (Å²) in [5.74, 6) is 2.55. The fourth-order valence-electron chi connectivity index (χ4n) is 3.43. The molecule has 0 bridgehead atoms. The first kappa shape index (κ1) is 23.9. The van der Waals surface area contributed by atoms with Crippen molar-refractivity contribution in [3.05, 3.63) is 24.3 Å². The average Bonchev–Trinajstić information content (AvgIpc) is 3.23. The van der Waals surface area contributed by atoms with Gasteiger partial charge in [0.15, 0.2) is 11.8 Å². The Labute approximate surface area is 180 Å². The Bertz CT molecular complexity index is 595. The summed E-state index contributed by atoms with van der Waals surface area (Å²) in [5, 5.41) is 15.1. The third-order valence-electron chi connectivity index (χ3n) is 5.25. The molecule has 1 heterocycles. The molecule has 2 rings (SSSR count). The Balaban J connectivity index is 0.00000364. The van der Waals surface area contributed by atoms with Crippen LogP contribution in [-0.2, 0) is 18.3 Å². The highest BCUT2D eigenvalue weighted by molar-refractivity contribution is 14.0. The van der Waals surface area contributed by atoms with Crippen LogP contribution in [0.1, 0.15) is 50.7 Å². The number of guanidine groups is 1. The van der Waals surface area contributed by atoms with Crippen molar-refractivity contribution in [1.82, 2.24) is 25.4 Å². The summed E-state index contributed by atoms with van der Waals surface area (Å²) in [6.07, 6.45) is 8.06. The molecule has 0 amide bonds. The largest absolute Gasteiger partial charge is 0.382 e. The summed E-state index contributed by atoms with van der Waals surface area (Å²) >= 11 is 0. The van der Waals surface area contributed by atoms with E-state index in [2.05, 4.69) is 39.3 Å². The summed E-state index contributed by atoms with van der Waals surface area (Å²) in [6.45, 7) is 11.5. The van der Waals surface area contributed by atoms with Crippen LogP contribution in [-0.4, -0.2) is 47.0 Å². The minimum atomic E-state index is 0. The van der Waals surface area contributed by atoms with Crippen molar-refractivity contribution in [1.29, 1.82) is 0 Å². The van der Waals surface area contributed by atoms with E-state index in [4.69, 9.17) is 4.74 Å². The standard InChI is InChI=1S/C19H34N6O.HI/c1-5-12-20-18(21-14-17-24-23-16(3)25(17)4)22-15-19(9-7-8-10-19)11-13-26-6-2;/h5H,1,6-15H2,2-4H3,(H2,20,21,22);1H. The van der Waals surface area contributed by atoms with Crippen molar-refractivity contribution in [2.45, 2.75) is 52.5 Å². The van der Waals surface area contributed by atoms with Gasteiger partial charge in [0.25, 0.3) is 0 Å². The van der Waals surface area contributed by atoms with Crippen LogP contribution in [0.25, 0.3) is 0 Å². The Hall–Kier alpha value is -1.16. The molecule has 0 aliphatic heterocycles. The Morgan fingerprint density at radius 3 is 2.67 bits per heavy atom. The second kappa shape index (κ2) is 12.3. The van der Waals surface area contributed by atoms with Crippen LogP contribution in [0.3, 0.4) is 0 Å². The summed E-state index contributed by atoms with van der Waals surface area (Å²) in [5.41, 5.74) is 0.313. The minimum Gasteiger partial charge on any atom is -0.382 e. The van der Waals surface area contributed by atoms with Gasteiger partial charge in [-0.1, -0.05) is 18.9 Å². The first-order valence-electron chi connectivity index (χ1n) is 9.66. The van der Waals surface area contributed by atoms with Crippen molar-refractivity contribution in [3.63, 3.8) is 0 Å². The number of nitrogens with zero attached hydrogens (tertiary/aromatic N) is 4. The zero-order valence-electron chi connectivity index (χ0n) is 17.0. The molecule has 0 spiro atoms. The highest BCUT2D eigenvalue weighted by Crippen LogP contribution is 2.40. The molecule has 1 aliphatic rings. The lowest BCUT2D eigenvalue weighted by Gasteiger charge is -2.30. The second-order valence-corrected chi connectivity index (χ2v) is 7.06. The fraction of sp³-hybridized carbons (Fsp3) is 0.737. The van der Waals surface area contributed by atoms with E-state index in [1.165, 1.54) is 25.7 Å². The number of aryl methyl sites for hydroxylation is 1. The van der Waals surface area contributed by atoms with Gasteiger partial charge in [0, 0.05) is 33.4 Å². The molecule has 154 valence electrons. The van der Waals surface area contributed by atoms with Gasteiger partial charge in [-0.05, 0) is 38.5 Å². The Morgan fingerprint density at radius 2 is 2.07 bits per heavy atom. The van der Waals surface area contributed by atoms with E-state index in [-0.39, 0.29) is 24.0 Å². The molecular weight excluding hydrogens is 455 g/mol. The molecule has 2 N–H and O–H groups in total. The molecular formula is C19H35IN6O. The van der Waals surface area contributed by atoms with Crippen LogP contribution in [0.15, 0.2) is 17.6 Å². The topological polar surface area (TPSA) is 76.4 Å². The molecule has 0 atom stereocenters. The van der Waals surface area contributed by atoms with Gasteiger partial charge in [-0.15, -0.1) is 40.8 Å². The van der Waals surface area contributed by atoms with Crippen LogP contribution in [0.5, 0.6) is 0 Å². The molecule has 0 aromatic carbocycles. The molecule has 1 saturated carbocycles. The number of aliphatic imine (C=N–C) groups is 1. The Kier molecular flexibility index (Phi) is 10.9. The second-order valence-electron chi connectivity index (χ2n) is 7.06. The quantitative estimate of drug-likeness (QED) is 0.174. The third kappa shape index (κ3) is 7.40. The first-order chi connectivity index (χ1) is 12.6. The number of nitrogens with one attached hydrogen (secondary N) is 2. The predicted molar refractivity (Wildman–Crippen MR) is 121 cm³/mol. The van der Waals surface area contributed by atoms with Crippen molar-refractivity contribution >= 4 is 29.9 Å². The van der Waals surface area contributed by atoms with E-state index in [1.54, 1.807) is 0 Å². The molecule has 0 unspecified atom stereocenters. The number of hydrogen-bond acceptors (Lipinski definition) is 4. The molecule has 8 heteroatoms. The first-order valence-corrected chi connectivity index (χ1v) is 9.66. The molecule has 27 heavy (non-hydrogen) atoms. The van der Waals surface area contributed by atoms with E-state index >= 15 is 0 Å². The Morgan fingerprint density at radius 1 is 1.33 bits per heavy atom. The minimum absolute atomic E-state index is 0. The van der Waals surface area contributed by atoms with Gasteiger partial charge in [0.2, 0.25) is 0 Å². The van der Waals surface area contributed by atoms with Crippen LogP contribution in [0, 0.1) is 12.3 Å². The number of halogens is 1. The van der Waals surface area contributed by atoms with Gasteiger partial charge in [0.05, 0.1) is 0 Å². The molecule has 1 fully saturated rings. The van der Waals surface area contributed by atoms with Gasteiger partial charge < -0.3 is 19.9 Å². The number of ether oxygens (including phenoxy) is 1. The number of aromatic nitrogens is 3. The maximum Gasteiger partial charge on any atom is 0.191 e. The highest BCUT2D eigenvalue weighted by atomic mass is 127. The fourth-order valence-corrected chi connectivity index (χ4v) is 3.43. The van der Waals surface area contributed by atoms with Crippen LogP contribution in [0.4, 0.5) is 0 Å². The number of hydrogen-bond donors (Lipinski definition) is 2. The van der Waals surface area contributed by atoms with Gasteiger partial charge in [0.1, 0.15) is 12.4 Å². The number of rotatable bonds is 10. The van der Waals surface area contributed by atoms with Crippen molar-refractivity contribution in [2.24, 2.45) is 17.5 Å². The van der Waals surface area contributed by atoms with E-state index < -0.39 is 0 Å². The van der Waals surface area contributed by atoms with Gasteiger partial charge >= 0.3 is 0 Å². The van der Waals surface area contributed by atoms with Crippen LogP contribution in [0.2, 0.25) is 0 Å². The predicted octanol–water partition coefficient (Wildman–Crippen LogP) is 2.95. The molecule has 1 aromatic heterocycles. The summed E-state index contributed by atoms with van der Waals surface area (Å²) in [7, 11) is 1.96.